The number of rotatable bonds is 7. The topological polar surface area (TPSA) is 43.1 Å². The highest BCUT2D eigenvalue weighted by Gasteiger charge is 2.15. The lowest BCUT2D eigenvalue weighted by atomic mass is 9.91. The van der Waals surface area contributed by atoms with Gasteiger partial charge in [-0.2, -0.15) is 0 Å². The Hall–Kier alpha value is -0.830. The highest BCUT2D eigenvalue weighted by atomic mass is 79.9. The molecule has 0 aliphatic heterocycles. The van der Waals surface area contributed by atoms with Crippen LogP contribution in [0.25, 0.3) is 0 Å². The molecule has 0 spiro atoms. The van der Waals surface area contributed by atoms with E-state index in [1.54, 1.807) is 6.07 Å². The number of nitrogens with two attached hydrogens (primary N) is 1. The highest BCUT2D eigenvalue weighted by molar-refractivity contribution is 9.10. The summed E-state index contributed by atoms with van der Waals surface area (Å²) in [6.45, 7) is 4.33. The zero-order chi connectivity index (χ0) is 13.5. The molecule has 3 heteroatoms. The van der Waals surface area contributed by atoms with Gasteiger partial charge in [0.05, 0.1) is 0 Å². The molecule has 18 heavy (non-hydrogen) atoms. The molecule has 0 heterocycles. The second kappa shape index (κ2) is 7.57. The van der Waals surface area contributed by atoms with Crippen molar-refractivity contribution >= 4 is 27.4 Å². The van der Waals surface area contributed by atoms with Crippen molar-refractivity contribution in [1.82, 2.24) is 0 Å². The zero-order valence-corrected chi connectivity index (χ0v) is 12.8. The third-order valence-electron chi connectivity index (χ3n) is 3.33. The van der Waals surface area contributed by atoms with E-state index in [-0.39, 0.29) is 5.78 Å². The van der Waals surface area contributed by atoms with Crippen LogP contribution >= 0.6 is 15.9 Å². The minimum Gasteiger partial charge on any atom is -0.398 e. The van der Waals surface area contributed by atoms with E-state index >= 15 is 0 Å². The molecule has 1 aromatic carbocycles. The molecule has 2 nitrogen and oxygen atoms in total. The van der Waals surface area contributed by atoms with E-state index in [4.69, 9.17) is 5.73 Å². The summed E-state index contributed by atoms with van der Waals surface area (Å²) in [5.74, 6) is 0.656. The van der Waals surface area contributed by atoms with Crippen LogP contribution in [0.15, 0.2) is 22.7 Å². The van der Waals surface area contributed by atoms with Crippen molar-refractivity contribution in [1.29, 1.82) is 0 Å². The first-order valence-electron chi connectivity index (χ1n) is 6.66. The molecule has 0 aliphatic rings. The number of Topliss-reactive ketones (excluding diaryl/α,β-unsaturated/α-hetero) is 1. The van der Waals surface area contributed by atoms with Gasteiger partial charge in [0, 0.05) is 22.1 Å². The third kappa shape index (κ3) is 4.45. The van der Waals surface area contributed by atoms with Crippen molar-refractivity contribution in [3.63, 3.8) is 0 Å². The van der Waals surface area contributed by atoms with Gasteiger partial charge in [-0.15, -0.1) is 0 Å². The summed E-state index contributed by atoms with van der Waals surface area (Å²) >= 11 is 3.35. The van der Waals surface area contributed by atoms with E-state index in [1.165, 1.54) is 12.8 Å². The predicted molar refractivity (Wildman–Crippen MR) is 80.8 cm³/mol. The number of hydrogen-bond donors (Lipinski definition) is 1. The average molecular weight is 312 g/mol. The van der Waals surface area contributed by atoms with Gasteiger partial charge in [-0.25, -0.2) is 0 Å². The Labute approximate surface area is 118 Å². The number of carbonyl (C=O) groups is 1. The number of hydrogen-bond acceptors (Lipinski definition) is 2. The van der Waals surface area contributed by atoms with Gasteiger partial charge in [0.15, 0.2) is 5.78 Å². The number of benzene rings is 1. The quantitative estimate of drug-likeness (QED) is 0.579. The van der Waals surface area contributed by atoms with Gasteiger partial charge in [-0.05, 0) is 24.1 Å². The van der Waals surface area contributed by atoms with Crippen LogP contribution in [0, 0.1) is 5.92 Å². The molecular formula is C15H22BrNO. The third-order valence-corrected chi connectivity index (χ3v) is 3.82. The van der Waals surface area contributed by atoms with Crippen molar-refractivity contribution in [2.45, 2.75) is 46.0 Å². The summed E-state index contributed by atoms with van der Waals surface area (Å²) in [7, 11) is 0. The molecule has 0 radical (unpaired) electrons. The average Bonchev–Trinajstić information content (AvgIpc) is 2.34. The lowest BCUT2D eigenvalue weighted by molar-refractivity contribution is 0.0958. The molecule has 1 atom stereocenters. The summed E-state index contributed by atoms with van der Waals surface area (Å²) in [6.07, 6.45) is 5.19. The molecule has 0 saturated carbocycles. The summed E-state index contributed by atoms with van der Waals surface area (Å²) in [5.41, 5.74) is 7.12. The predicted octanol–water partition coefficient (Wildman–Crippen LogP) is 4.82. The SMILES string of the molecule is CCCCC(CC)CC(=O)c1ccc(Br)cc1N. The summed E-state index contributed by atoms with van der Waals surface area (Å²) < 4.78 is 0.912. The fourth-order valence-corrected chi connectivity index (χ4v) is 2.48. The number of anilines is 1. The minimum atomic E-state index is 0.169. The van der Waals surface area contributed by atoms with Crippen molar-refractivity contribution < 1.29 is 4.79 Å². The smallest absolute Gasteiger partial charge is 0.165 e. The van der Waals surface area contributed by atoms with Crippen LogP contribution in [0.2, 0.25) is 0 Å². The first-order valence-corrected chi connectivity index (χ1v) is 7.46. The number of unbranched alkanes of at least 4 members (excludes halogenated alkanes) is 1. The first kappa shape index (κ1) is 15.2. The van der Waals surface area contributed by atoms with Gasteiger partial charge >= 0.3 is 0 Å². The Morgan fingerprint density at radius 3 is 2.67 bits per heavy atom. The molecule has 2 N–H and O–H groups in total. The van der Waals surface area contributed by atoms with Gasteiger partial charge in [0.1, 0.15) is 0 Å². The molecule has 1 rings (SSSR count). The number of ketones is 1. The maximum atomic E-state index is 12.2. The summed E-state index contributed by atoms with van der Waals surface area (Å²) in [4.78, 5) is 12.2. The van der Waals surface area contributed by atoms with Crippen molar-refractivity contribution in [2.75, 3.05) is 5.73 Å². The maximum Gasteiger partial charge on any atom is 0.165 e. The van der Waals surface area contributed by atoms with Gasteiger partial charge < -0.3 is 5.73 Å². The summed E-state index contributed by atoms with van der Waals surface area (Å²) in [6, 6.07) is 5.48. The lowest BCUT2D eigenvalue weighted by Crippen LogP contribution is -2.10. The zero-order valence-electron chi connectivity index (χ0n) is 11.2. The monoisotopic (exact) mass is 311 g/mol. The van der Waals surface area contributed by atoms with E-state index in [0.29, 0.717) is 23.6 Å². The van der Waals surface area contributed by atoms with Crippen LogP contribution in [-0.4, -0.2) is 5.78 Å². The van der Waals surface area contributed by atoms with E-state index in [9.17, 15) is 4.79 Å². The van der Waals surface area contributed by atoms with E-state index < -0.39 is 0 Å². The molecule has 0 saturated heterocycles. The van der Waals surface area contributed by atoms with Crippen molar-refractivity contribution in [3.05, 3.63) is 28.2 Å². The van der Waals surface area contributed by atoms with Crippen LogP contribution in [0.5, 0.6) is 0 Å². The van der Waals surface area contributed by atoms with Crippen LogP contribution in [-0.2, 0) is 0 Å². The normalized spacial score (nSPS) is 12.4. The summed E-state index contributed by atoms with van der Waals surface area (Å²) in [5, 5.41) is 0. The van der Waals surface area contributed by atoms with Gasteiger partial charge in [-0.1, -0.05) is 55.5 Å². The number of nitrogen functional groups attached to an aromatic ring is 1. The Morgan fingerprint density at radius 1 is 1.39 bits per heavy atom. The number of halogens is 1. The minimum absolute atomic E-state index is 0.169. The van der Waals surface area contributed by atoms with Gasteiger partial charge in [0.25, 0.3) is 0 Å². The van der Waals surface area contributed by atoms with Crippen molar-refractivity contribution in [2.24, 2.45) is 5.92 Å². The Morgan fingerprint density at radius 2 is 2.11 bits per heavy atom. The highest BCUT2D eigenvalue weighted by Crippen LogP contribution is 2.24. The molecule has 1 aromatic rings. The molecule has 0 fully saturated rings. The van der Waals surface area contributed by atoms with Gasteiger partial charge in [0.2, 0.25) is 0 Å². The van der Waals surface area contributed by atoms with Crippen LogP contribution in [0.1, 0.15) is 56.3 Å². The molecule has 100 valence electrons. The second-order valence-electron chi connectivity index (χ2n) is 4.78. The molecular weight excluding hydrogens is 290 g/mol. The lowest BCUT2D eigenvalue weighted by Gasteiger charge is -2.14. The first-order chi connectivity index (χ1) is 8.58. The van der Waals surface area contributed by atoms with Crippen LogP contribution in [0.4, 0.5) is 5.69 Å². The Bertz CT molecular complexity index is 403. The van der Waals surface area contributed by atoms with Crippen molar-refractivity contribution in [3.8, 4) is 0 Å². The standard InChI is InChI=1S/C15H22BrNO/c1-3-5-6-11(4-2)9-15(18)13-8-7-12(16)10-14(13)17/h7-8,10-11H,3-6,9,17H2,1-2H3. The molecule has 0 aliphatic carbocycles. The Balaban J connectivity index is 2.68. The largest absolute Gasteiger partial charge is 0.398 e. The molecule has 1 unspecified atom stereocenters. The fraction of sp³-hybridized carbons (Fsp3) is 0.533. The van der Waals surface area contributed by atoms with E-state index in [0.717, 1.165) is 17.3 Å². The van der Waals surface area contributed by atoms with Crippen LogP contribution in [0.3, 0.4) is 0 Å². The second-order valence-corrected chi connectivity index (χ2v) is 5.69. The van der Waals surface area contributed by atoms with Gasteiger partial charge in [-0.3, -0.25) is 4.79 Å². The van der Waals surface area contributed by atoms with E-state index in [1.807, 2.05) is 12.1 Å². The molecule has 0 amide bonds. The molecule has 0 bridgehead atoms. The van der Waals surface area contributed by atoms with Crippen LogP contribution < -0.4 is 5.73 Å². The fourth-order valence-electron chi connectivity index (χ4n) is 2.10. The van der Waals surface area contributed by atoms with E-state index in [2.05, 4.69) is 29.8 Å². The maximum absolute atomic E-state index is 12.2. The number of carbonyl (C=O) groups excluding carboxylic acids is 1. The molecule has 0 aromatic heterocycles. The Kier molecular flexibility index (Phi) is 6.41.